The third-order valence-electron chi connectivity index (χ3n) is 3.02. The number of aryl methyl sites for hydroxylation is 1. The Labute approximate surface area is 105 Å². The standard InChI is InChI=1S/C13H15FN2O2/c1-9-8-10(14)4-5-11(9)15-12(17)13(18)16-6-2-3-7-16/h4-5,8H,2-3,6-7H2,1H3,(H,15,17). The van der Waals surface area contributed by atoms with Gasteiger partial charge in [-0.05, 0) is 43.5 Å². The number of rotatable bonds is 1. The summed E-state index contributed by atoms with van der Waals surface area (Å²) in [6, 6.07) is 4.03. The number of likely N-dealkylation sites (tertiary alicyclic amines) is 1. The van der Waals surface area contributed by atoms with Crippen molar-refractivity contribution in [3.63, 3.8) is 0 Å². The van der Waals surface area contributed by atoms with Crippen molar-refractivity contribution in [3.8, 4) is 0 Å². The van der Waals surface area contributed by atoms with E-state index in [1.54, 1.807) is 6.92 Å². The van der Waals surface area contributed by atoms with Gasteiger partial charge in [-0.3, -0.25) is 9.59 Å². The van der Waals surface area contributed by atoms with Crippen molar-refractivity contribution in [2.24, 2.45) is 0 Å². The minimum atomic E-state index is -0.661. The van der Waals surface area contributed by atoms with E-state index in [0.717, 1.165) is 12.8 Å². The van der Waals surface area contributed by atoms with Gasteiger partial charge in [-0.25, -0.2) is 4.39 Å². The Balaban J connectivity index is 2.04. The van der Waals surface area contributed by atoms with Gasteiger partial charge in [0, 0.05) is 18.8 Å². The van der Waals surface area contributed by atoms with Crippen LogP contribution in [0.3, 0.4) is 0 Å². The predicted octanol–water partition coefficient (Wildman–Crippen LogP) is 1.70. The minimum Gasteiger partial charge on any atom is -0.334 e. The number of anilines is 1. The summed E-state index contributed by atoms with van der Waals surface area (Å²) in [4.78, 5) is 25.0. The van der Waals surface area contributed by atoms with Crippen molar-refractivity contribution < 1.29 is 14.0 Å². The topological polar surface area (TPSA) is 49.4 Å². The zero-order valence-electron chi connectivity index (χ0n) is 10.2. The molecule has 0 aliphatic carbocycles. The molecular formula is C13H15FN2O2. The van der Waals surface area contributed by atoms with Crippen molar-refractivity contribution >= 4 is 17.5 Å². The predicted molar refractivity (Wildman–Crippen MR) is 65.6 cm³/mol. The molecule has 96 valence electrons. The molecule has 4 nitrogen and oxygen atoms in total. The highest BCUT2D eigenvalue weighted by Crippen LogP contribution is 2.16. The maximum absolute atomic E-state index is 12.9. The molecule has 0 atom stereocenters. The third kappa shape index (κ3) is 2.67. The lowest BCUT2D eigenvalue weighted by Gasteiger charge is -2.15. The zero-order chi connectivity index (χ0) is 13.1. The van der Waals surface area contributed by atoms with E-state index in [0.29, 0.717) is 24.3 Å². The first-order chi connectivity index (χ1) is 8.58. The number of hydrogen-bond donors (Lipinski definition) is 1. The fourth-order valence-corrected chi connectivity index (χ4v) is 2.01. The molecule has 0 saturated carbocycles. The maximum Gasteiger partial charge on any atom is 0.313 e. The van der Waals surface area contributed by atoms with Gasteiger partial charge < -0.3 is 10.2 Å². The van der Waals surface area contributed by atoms with Crippen molar-refractivity contribution in [3.05, 3.63) is 29.6 Å². The average Bonchev–Trinajstić information content (AvgIpc) is 2.85. The monoisotopic (exact) mass is 250 g/mol. The number of carbonyl (C=O) groups is 2. The second-order valence-corrected chi connectivity index (χ2v) is 4.41. The van der Waals surface area contributed by atoms with E-state index in [4.69, 9.17) is 0 Å². The molecule has 5 heteroatoms. The van der Waals surface area contributed by atoms with Crippen LogP contribution in [0.5, 0.6) is 0 Å². The lowest BCUT2D eigenvalue weighted by molar-refractivity contribution is -0.142. The Kier molecular flexibility index (Phi) is 3.60. The molecule has 0 aromatic heterocycles. The highest BCUT2D eigenvalue weighted by Gasteiger charge is 2.24. The van der Waals surface area contributed by atoms with E-state index in [1.165, 1.54) is 23.1 Å². The Bertz CT molecular complexity index is 482. The molecule has 1 fully saturated rings. The molecule has 1 aromatic carbocycles. The van der Waals surface area contributed by atoms with Crippen LogP contribution in [0.2, 0.25) is 0 Å². The van der Waals surface area contributed by atoms with Crippen molar-refractivity contribution in [2.45, 2.75) is 19.8 Å². The van der Waals surface area contributed by atoms with E-state index >= 15 is 0 Å². The summed E-state index contributed by atoms with van der Waals surface area (Å²) in [6.07, 6.45) is 1.88. The quantitative estimate of drug-likeness (QED) is 0.771. The van der Waals surface area contributed by atoms with Gasteiger partial charge in [0.1, 0.15) is 5.82 Å². The van der Waals surface area contributed by atoms with E-state index < -0.39 is 11.8 Å². The van der Waals surface area contributed by atoms with E-state index in [-0.39, 0.29) is 5.82 Å². The Hall–Kier alpha value is -1.91. The smallest absolute Gasteiger partial charge is 0.313 e. The molecule has 2 amide bonds. The van der Waals surface area contributed by atoms with Crippen LogP contribution in [0.25, 0.3) is 0 Å². The summed E-state index contributed by atoms with van der Waals surface area (Å²) in [5.41, 5.74) is 1.06. The highest BCUT2D eigenvalue weighted by molar-refractivity contribution is 6.39. The summed E-state index contributed by atoms with van der Waals surface area (Å²) in [6.45, 7) is 2.95. The summed E-state index contributed by atoms with van der Waals surface area (Å²) < 4.78 is 12.9. The molecule has 1 aliphatic heterocycles. The fraction of sp³-hybridized carbons (Fsp3) is 0.385. The van der Waals surface area contributed by atoms with Gasteiger partial charge in [-0.2, -0.15) is 0 Å². The van der Waals surface area contributed by atoms with E-state index in [2.05, 4.69) is 5.32 Å². The average molecular weight is 250 g/mol. The number of nitrogens with one attached hydrogen (secondary N) is 1. The number of halogens is 1. The molecule has 0 bridgehead atoms. The Morgan fingerprint density at radius 3 is 2.56 bits per heavy atom. The maximum atomic E-state index is 12.9. The Morgan fingerprint density at radius 1 is 1.28 bits per heavy atom. The summed E-state index contributed by atoms with van der Waals surface area (Å²) in [5, 5.41) is 2.52. The zero-order valence-corrected chi connectivity index (χ0v) is 10.2. The van der Waals surface area contributed by atoms with Crippen LogP contribution >= 0.6 is 0 Å². The molecule has 18 heavy (non-hydrogen) atoms. The number of amides is 2. The molecule has 1 aromatic rings. The van der Waals surface area contributed by atoms with Crippen LogP contribution in [-0.4, -0.2) is 29.8 Å². The van der Waals surface area contributed by atoms with Gasteiger partial charge in [-0.1, -0.05) is 0 Å². The van der Waals surface area contributed by atoms with Crippen LogP contribution in [0.4, 0.5) is 10.1 Å². The van der Waals surface area contributed by atoms with Gasteiger partial charge in [-0.15, -0.1) is 0 Å². The van der Waals surface area contributed by atoms with Gasteiger partial charge in [0.25, 0.3) is 0 Å². The van der Waals surface area contributed by atoms with E-state index in [9.17, 15) is 14.0 Å². The molecule has 0 unspecified atom stereocenters. The van der Waals surface area contributed by atoms with Gasteiger partial charge in [0.15, 0.2) is 0 Å². The van der Waals surface area contributed by atoms with Crippen molar-refractivity contribution in [2.75, 3.05) is 18.4 Å². The van der Waals surface area contributed by atoms with Crippen LogP contribution in [0.1, 0.15) is 18.4 Å². The number of nitrogens with zero attached hydrogens (tertiary/aromatic N) is 1. The van der Waals surface area contributed by atoms with Gasteiger partial charge in [0.05, 0.1) is 0 Å². The SMILES string of the molecule is Cc1cc(F)ccc1NC(=O)C(=O)N1CCCC1. The first-order valence-corrected chi connectivity index (χ1v) is 5.94. The van der Waals surface area contributed by atoms with Gasteiger partial charge in [0.2, 0.25) is 0 Å². The second-order valence-electron chi connectivity index (χ2n) is 4.41. The molecular weight excluding hydrogens is 235 g/mol. The molecule has 1 saturated heterocycles. The fourth-order valence-electron chi connectivity index (χ4n) is 2.01. The van der Waals surface area contributed by atoms with Crippen molar-refractivity contribution in [1.82, 2.24) is 4.90 Å². The minimum absolute atomic E-state index is 0.364. The third-order valence-corrected chi connectivity index (χ3v) is 3.02. The second kappa shape index (κ2) is 5.16. The first-order valence-electron chi connectivity index (χ1n) is 5.94. The molecule has 1 N–H and O–H groups in total. The first kappa shape index (κ1) is 12.5. The molecule has 0 spiro atoms. The van der Waals surface area contributed by atoms with Crippen LogP contribution in [-0.2, 0) is 9.59 Å². The largest absolute Gasteiger partial charge is 0.334 e. The summed E-state index contributed by atoms with van der Waals surface area (Å²) in [5.74, 6) is -1.54. The highest BCUT2D eigenvalue weighted by atomic mass is 19.1. The van der Waals surface area contributed by atoms with Crippen LogP contribution < -0.4 is 5.32 Å². The molecule has 2 rings (SSSR count). The Morgan fingerprint density at radius 2 is 1.94 bits per heavy atom. The lowest BCUT2D eigenvalue weighted by Crippen LogP contribution is -2.37. The number of hydrogen-bond acceptors (Lipinski definition) is 2. The van der Waals surface area contributed by atoms with Crippen LogP contribution in [0, 0.1) is 12.7 Å². The normalized spacial score (nSPS) is 14.7. The summed E-state index contributed by atoms with van der Waals surface area (Å²) in [7, 11) is 0. The molecule has 1 heterocycles. The molecule has 0 radical (unpaired) electrons. The summed E-state index contributed by atoms with van der Waals surface area (Å²) >= 11 is 0. The number of benzene rings is 1. The van der Waals surface area contributed by atoms with Gasteiger partial charge >= 0.3 is 11.8 Å². The van der Waals surface area contributed by atoms with Crippen LogP contribution in [0.15, 0.2) is 18.2 Å². The lowest BCUT2D eigenvalue weighted by atomic mass is 10.2. The molecule has 1 aliphatic rings. The van der Waals surface area contributed by atoms with Crippen molar-refractivity contribution in [1.29, 1.82) is 0 Å². The van der Waals surface area contributed by atoms with E-state index in [1.807, 2.05) is 0 Å². The number of carbonyl (C=O) groups excluding carboxylic acids is 2.